The number of anilines is 3. The van der Waals surface area contributed by atoms with E-state index in [1.807, 2.05) is 0 Å². The topological polar surface area (TPSA) is 8.17 Å². The first-order chi connectivity index (χ1) is 26.8. The number of nitrogens with zero attached hydrogens (tertiary/aromatic N) is 2. The summed E-state index contributed by atoms with van der Waals surface area (Å²) in [6.07, 6.45) is 0. The fraction of sp³-hybridized carbons (Fsp3) is 0. The zero-order chi connectivity index (χ0) is 35.8. The molecule has 254 valence electrons. The highest BCUT2D eigenvalue weighted by atomic mass is 15.2. The van der Waals surface area contributed by atoms with Crippen LogP contribution in [0.5, 0.6) is 0 Å². The van der Waals surface area contributed by atoms with E-state index in [2.05, 4.69) is 228 Å². The van der Waals surface area contributed by atoms with Crippen molar-refractivity contribution >= 4 is 49.6 Å². The number of benzene rings is 9. The first kappa shape index (κ1) is 31.6. The van der Waals surface area contributed by atoms with Gasteiger partial charge in [0.1, 0.15) is 0 Å². The third kappa shape index (κ3) is 5.36. The molecule has 0 spiro atoms. The van der Waals surface area contributed by atoms with E-state index in [9.17, 15) is 0 Å². The van der Waals surface area contributed by atoms with E-state index in [0.717, 1.165) is 28.3 Å². The Balaban J connectivity index is 1.25. The summed E-state index contributed by atoms with van der Waals surface area (Å²) in [4.78, 5) is 2.48. The van der Waals surface area contributed by atoms with Crippen LogP contribution in [0.2, 0.25) is 0 Å². The molecule has 0 aliphatic carbocycles. The van der Waals surface area contributed by atoms with Crippen molar-refractivity contribution in [3.05, 3.63) is 218 Å². The van der Waals surface area contributed by atoms with Gasteiger partial charge in [-0.15, -0.1) is 0 Å². The van der Waals surface area contributed by atoms with Gasteiger partial charge in [-0.05, 0) is 75.7 Å². The Morgan fingerprint density at radius 1 is 0.352 bits per heavy atom. The molecular weight excluding hydrogens is 653 g/mol. The normalized spacial score (nSPS) is 11.3. The Morgan fingerprint density at radius 2 is 0.907 bits per heavy atom. The van der Waals surface area contributed by atoms with Crippen molar-refractivity contribution in [3.63, 3.8) is 0 Å². The van der Waals surface area contributed by atoms with E-state index >= 15 is 0 Å². The Hall–Kier alpha value is -7.16. The third-order valence-corrected chi connectivity index (χ3v) is 10.6. The standard InChI is InChI=1S/C52H36N2/c1-4-18-37(19-5-1)43-27-12-13-28-44(43)40-23-16-26-42(36-40)53-48-31-15-14-30-47(48)51-49(53)32-17-33-50(51)54(41-24-8-3-9-25-41)52-45-29-11-10-22-39(45)34-35-46(52)38-20-6-2-7-21-38/h1-36H. The summed E-state index contributed by atoms with van der Waals surface area (Å²) >= 11 is 0. The fourth-order valence-electron chi connectivity index (χ4n) is 8.19. The Morgan fingerprint density at radius 3 is 1.67 bits per heavy atom. The number of rotatable bonds is 7. The number of fused-ring (bicyclic) bond motifs is 4. The quantitative estimate of drug-likeness (QED) is 0.162. The second-order valence-corrected chi connectivity index (χ2v) is 13.7. The van der Waals surface area contributed by atoms with Gasteiger partial charge in [-0.25, -0.2) is 0 Å². The molecular formula is C52H36N2. The highest BCUT2D eigenvalue weighted by Gasteiger charge is 2.24. The summed E-state index contributed by atoms with van der Waals surface area (Å²) in [5.74, 6) is 0. The van der Waals surface area contributed by atoms with Crippen molar-refractivity contribution in [1.82, 2.24) is 4.57 Å². The molecule has 0 radical (unpaired) electrons. The monoisotopic (exact) mass is 688 g/mol. The van der Waals surface area contributed by atoms with E-state index in [1.54, 1.807) is 0 Å². The molecule has 9 aromatic carbocycles. The minimum Gasteiger partial charge on any atom is -0.309 e. The zero-order valence-corrected chi connectivity index (χ0v) is 29.7. The lowest BCUT2D eigenvalue weighted by Crippen LogP contribution is -2.12. The van der Waals surface area contributed by atoms with E-state index < -0.39 is 0 Å². The van der Waals surface area contributed by atoms with Crippen LogP contribution in [0.15, 0.2) is 218 Å². The summed E-state index contributed by atoms with van der Waals surface area (Å²) in [5.41, 5.74) is 14.1. The van der Waals surface area contributed by atoms with Gasteiger partial charge in [0.05, 0.1) is 22.4 Å². The second kappa shape index (κ2) is 13.4. The smallest absolute Gasteiger partial charge is 0.0618 e. The Kier molecular flexibility index (Phi) is 7.85. The summed E-state index contributed by atoms with van der Waals surface area (Å²) in [6, 6.07) is 78.9. The van der Waals surface area contributed by atoms with Crippen molar-refractivity contribution in [1.29, 1.82) is 0 Å². The van der Waals surface area contributed by atoms with Crippen LogP contribution in [0.1, 0.15) is 0 Å². The first-order valence-electron chi connectivity index (χ1n) is 18.5. The lowest BCUT2D eigenvalue weighted by Gasteiger charge is -2.30. The van der Waals surface area contributed by atoms with Crippen LogP contribution >= 0.6 is 0 Å². The molecule has 0 atom stereocenters. The number of aromatic nitrogens is 1. The highest BCUT2D eigenvalue weighted by Crippen LogP contribution is 2.49. The van der Waals surface area contributed by atoms with Gasteiger partial charge < -0.3 is 9.47 Å². The summed E-state index contributed by atoms with van der Waals surface area (Å²) in [7, 11) is 0. The first-order valence-corrected chi connectivity index (χ1v) is 18.5. The minimum atomic E-state index is 1.11. The molecule has 0 aliphatic heterocycles. The summed E-state index contributed by atoms with van der Waals surface area (Å²) < 4.78 is 2.44. The molecule has 0 saturated heterocycles. The van der Waals surface area contributed by atoms with Gasteiger partial charge in [0.2, 0.25) is 0 Å². The van der Waals surface area contributed by atoms with Crippen molar-refractivity contribution in [3.8, 4) is 39.1 Å². The molecule has 2 heteroatoms. The fourth-order valence-corrected chi connectivity index (χ4v) is 8.19. The number of para-hydroxylation sites is 2. The molecule has 2 nitrogen and oxygen atoms in total. The van der Waals surface area contributed by atoms with Gasteiger partial charge in [-0.1, -0.05) is 176 Å². The Labute approximate surface area is 315 Å². The molecule has 0 amide bonds. The predicted octanol–water partition coefficient (Wildman–Crippen LogP) is 14.4. The second-order valence-electron chi connectivity index (χ2n) is 13.7. The van der Waals surface area contributed by atoms with Gasteiger partial charge in [-0.3, -0.25) is 0 Å². The molecule has 0 N–H and O–H groups in total. The van der Waals surface area contributed by atoms with Crippen molar-refractivity contribution < 1.29 is 0 Å². The maximum absolute atomic E-state index is 2.48. The molecule has 0 aliphatic rings. The zero-order valence-electron chi connectivity index (χ0n) is 29.7. The molecule has 0 bridgehead atoms. The lowest BCUT2D eigenvalue weighted by molar-refractivity contribution is 1.18. The van der Waals surface area contributed by atoms with Gasteiger partial charge in [0.15, 0.2) is 0 Å². The summed E-state index contributed by atoms with van der Waals surface area (Å²) in [5, 5.41) is 4.82. The lowest BCUT2D eigenvalue weighted by atomic mass is 9.94. The van der Waals surface area contributed by atoms with Gasteiger partial charge in [-0.2, -0.15) is 0 Å². The number of hydrogen-bond acceptors (Lipinski definition) is 1. The maximum atomic E-state index is 2.48. The average Bonchev–Trinajstić information content (AvgIpc) is 3.60. The highest BCUT2D eigenvalue weighted by molar-refractivity contribution is 6.18. The molecule has 1 aromatic heterocycles. The predicted molar refractivity (Wildman–Crippen MR) is 229 cm³/mol. The van der Waals surface area contributed by atoms with Crippen LogP contribution in [-0.2, 0) is 0 Å². The molecule has 10 aromatic rings. The van der Waals surface area contributed by atoms with Gasteiger partial charge in [0, 0.05) is 33.1 Å². The molecule has 0 fully saturated rings. The van der Waals surface area contributed by atoms with Crippen LogP contribution in [0.25, 0.3) is 71.6 Å². The maximum Gasteiger partial charge on any atom is 0.0618 e. The molecule has 10 rings (SSSR count). The van der Waals surface area contributed by atoms with Gasteiger partial charge in [0.25, 0.3) is 0 Å². The van der Waals surface area contributed by atoms with Crippen LogP contribution in [-0.4, -0.2) is 4.57 Å². The average molecular weight is 689 g/mol. The van der Waals surface area contributed by atoms with E-state index in [1.165, 1.54) is 60.4 Å². The molecule has 54 heavy (non-hydrogen) atoms. The largest absolute Gasteiger partial charge is 0.309 e. The van der Waals surface area contributed by atoms with Crippen molar-refractivity contribution in [2.75, 3.05) is 4.90 Å². The SMILES string of the molecule is c1ccc(-c2ccccc2-c2cccc(-n3c4ccccc4c4c(N(c5ccccc5)c5c(-c6ccccc6)ccc6ccccc56)cccc43)c2)cc1. The van der Waals surface area contributed by atoms with E-state index in [4.69, 9.17) is 0 Å². The van der Waals surface area contributed by atoms with Crippen LogP contribution in [0.3, 0.4) is 0 Å². The minimum absolute atomic E-state index is 1.11. The van der Waals surface area contributed by atoms with E-state index in [-0.39, 0.29) is 0 Å². The third-order valence-electron chi connectivity index (χ3n) is 10.6. The molecule has 1 heterocycles. The van der Waals surface area contributed by atoms with Crippen LogP contribution < -0.4 is 4.90 Å². The van der Waals surface area contributed by atoms with Crippen molar-refractivity contribution in [2.24, 2.45) is 0 Å². The Bertz CT molecular complexity index is 2930. The number of hydrogen-bond donors (Lipinski definition) is 0. The molecule has 0 saturated carbocycles. The summed E-state index contributed by atoms with van der Waals surface area (Å²) in [6.45, 7) is 0. The van der Waals surface area contributed by atoms with Crippen molar-refractivity contribution in [2.45, 2.75) is 0 Å². The van der Waals surface area contributed by atoms with Crippen LogP contribution in [0, 0.1) is 0 Å². The van der Waals surface area contributed by atoms with Crippen LogP contribution in [0.4, 0.5) is 17.1 Å². The molecule has 0 unspecified atom stereocenters. The van der Waals surface area contributed by atoms with E-state index in [0.29, 0.717) is 0 Å². The van der Waals surface area contributed by atoms with Gasteiger partial charge >= 0.3 is 0 Å².